The highest BCUT2D eigenvalue weighted by Gasteiger charge is 2.15. The van der Waals surface area contributed by atoms with Gasteiger partial charge in [0.2, 0.25) is 0 Å². The highest BCUT2D eigenvalue weighted by Crippen LogP contribution is 2.23. The zero-order valence-electron chi connectivity index (χ0n) is 8.18. The minimum Gasteiger partial charge on any atom is -0.481 e. The lowest BCUT2D eigenvalue weighted by Crippen LogP contribution is -2.32. The van der Waals surface area contributed by atoms with Gasteiger partial charge in [0.25, 0.3) is 0 Å². The summed E-state index contributed by atoms with van der Waals surface area (Å²) < 4.78 is 0. The second-order valence-electron chi connectivity index (χ2n) is 3.29. The lowest BCUT2D eigenvalue weighted by atomic mass is 10.3. The first-order valence-corrected chi connectivity index (χ1v) is 6.78. The highest BCUT2D eigenvalue weighted by molar-refractivity contribution is 7.99. The second-order valence-corrected chi connectivity index (χ2v) is 5.35. The molecule has 0 aliphatic carbocycles. The van der Waals surface area contributed by atoms with Crippen molar-refractivity contribution in [1.29, 1.82) is 0 Å². The Morgan fingerprint density at radius 3 is 2.93 bits per heavy atom. The van der Waals surface area contributed by atoms with Gasteiger partial charge in [-0.1, -0.05) is 0 Å². The van der Waals surface area contributed by atoms with Crippen molar-refractivity contribution in [3.8, 4) is 0 Å². The summed E-state index contributed by atoms with van der Waals surface area (Å²) in [5, 5.41) is 11.4. The third kappa shape index (κ3) is 2.85. The third-order valence-corrected chi connectivity index (χ3v) is 4.05. The predicted octanol–water partition coefficient (Wildman–Crippen LogP) is 1.32. The fourth-order valence-electron chi connectivity index (χ4n) is 1.43. The zero-order chi connectivity index (χ0) is 10.7. The molecule has 2 rings (SSSR count). The summed E-state index contributed by atoms with van der Waals surface area (Å²) in [5.74, 6) is 1.45. The van der Waals surface area contributed by atoms with Gasteiger partial charge < -0.3 is 10.0 Å². The minimum atomic E-state index is -0.818. The van der Waals surface area contributed by atoms with Crippen LogP contribution in [0.2, 0.25) is 0 Å². The Hall–Kier alpha value is -0.750. The fraction of sp³-hybridized carbons (Fsp3) is 0.556. The molecule has 1 aromatic rings. The molecule has 0 aromatic carbocycles. The van der Waals surface area contributed by atoms with Crippen molar-refractivity contribution in [2.75, 3.05) is 29.5 Å². The molecular weight excluding hydrogens is 232 g/mol. The Balaban J connectivity index is 2.02. The van der Waals surface area contributed by atoms with E-state index < -0.39 is 5.97 Å². The summed E-state index contributed by atoms with van der Waals surface area (Å²) >= 11 is 3.49. The molecule has 0 spiro atoms. The summed E-state index contributed by atoms with van der Waals surface area (Å²) in [6, 6.07) is 0. The number of thiazole rings is 1. The van der Waals surface area contributed by atoms with Crippen LogP contribution in [0, 0.1) is 0 Å². The lowest BCUT2D eigenvalue weighted by molar-refractivity contribution is -0.136. The van der Waals surface area contributed by atoms with Gasteiger partial charge in [-0.05, 0) is 0 Å². The standard InChI is InChI=1S/C9H12N2O2S2/c12-8(13)5-7-6-15-9(10-7)11-1-3-14-4-2-11/h6H,1-5H2,(H,12,13). The molecular formula is C9H12N2O2S2. The van der Waals surface area contributed by atoms with E-state index in [0.717, 1.165) is 29.7 Å². The average molecular weight is 244 g/mol. The minimum absolute atomic E-state index is 0.0269. The largest absolute Gasteiger partial charge is 0.481 e. The lowest BCUT2D eigenvalue weighted by Gasteiger charge is -2.25. The van der Waals surface area contributed by atoms with Gasteiger partial charge in [0, 0.05) is 30.0 Å². The van der Waals surface area contributed by atoms with Gasteiger partial charge in [0.15, 0.2) is 5.13 Å². The molecule has 1 fully saturated rings. The van der Waals surface area contributed by atoms with Gasteiger partial charge in [-0.15, -0.1) is 11.3 Å². The number of carboxylic acids is 1. The summed E-state index contributed by atoms with van der Waals surface area (Å²) in [6.45, 7) is 2.04. The SMILES string of the molecule is O=C(O)Cc1csc(N2CCSCC2)n1. The molecule has 82 valence electrons. The first-order valence-electron chi connectivity index (χ1n) is 4.74. The Morgan fingerprint density at radius 2 is 2.27 bits per heavy atom. The maximum Gasteiger partial charge on any atom is 0.309 e. The first-order chi connectivity index (χ1) is 7.25. The van der Waals surface area contributed by atoms with E-state index in [2.05, 4.69) is 9.88 Å². The number of nitrogens with zero attached hydrogens (tertiary/aromatic N) is 2. The van der Waals surface area contributed by atoms with Crippen LogP contribution < -0.4 is 4.90 Å². The summed E-state index contributed by atoms with van der Waals surface area (Å²) in [6.07, 6.45) is 0.0269. The number of anilines is 1. The van der Waals surface area contributed by atoms with Crippen LogP contribution in [0.15, 0.2) is 5.38 Å². The number of aliphatic carboxylic acids is 1. The molecule has 1 aliphatic rings. The van der Waals surface area contributed by atoms with Crippen LogP contribution in [-0.2, 0) is 11.2 Å². The van der Waals surface area contributed by atoms with Crippen LogP contribution in [0.1, 0.15) is 5.69 Å². The Kier molecular flexibility index (Phi) is 3.48. The second kappa shape index (κ2) is 4.85. The molecule has 1 N–H and O–H groups in total. The van der Waals surface area contributed by atoms with Gasteiger partial charge >= 0.3 is 5.97 Å². The first kappa shape index (κ1) is 10.8. The van der Waals surface area contributed by atoms with Crippen molar-refractivity contribution >= 4 is 34.2 Å². The Morgan fingerprint density at radius 1 is 1.53 bits per heavy atom. The van der Waals surface area contributed by atoms with Crippen LogP contribution in [0.4, 0.5) is 5.13 Å². The number of hydrogen-bond acceptors (Lipinski definition) is 5. The van der Waals surface area contributed by atoms with E-state index in [0.29, 0.717) is 5.69 Å². The summed E-state index contributed by atoms with van der Waals surface area (Å²) in [7, 11) is 0. The van der Waals surface area contributed by atoms with Crippen LogP contribution in [0.5, 0.6) is 0 Å². The van der Waals surface area contributed by atoms with Gasteiger partial charge in [-0.3, -0.25) is 4.79 Å². The molecule has 6 heteroatoms. The van der Waals surface area contributed by atoms with Crippen molar-refractivity contribution in [2.24, 2.45) is 0 Å². The van der Waals surface area contributed by atoms with Crippen LogP contribution in [0.3, 0.4) is 0 Å². The van der Waals surface area contributed by atoms with Gasteiger partial charge in [0.1, 0.15) is 0 Å². The third-order valence-electron chi connectivity index (χ3n) is 2.15. The molecule has 1 saturated heterocycles. The number of hydrogen-bond donors (Lipinski definition) is 1. The van der Waals surface area contributed by atoms with Crippen molar-refractivity contribution in [2.45, 2.75) is 6.42 Å². The molecule has 0 radical (unpaired) electrons. The molecule has 4 nitrogen and oxygen atoms in total. The quantitative estimate of drug-likeness (QED) is 0.869. The maximum atomic E-state index is 10.5. The number of carboxylic acid groups (broad SMARTS) is 1. The molecule has 1 aliphatic heterocycles. The Labute approximate surface area is 96.3 Å². The smallest absolute Gasteiger partial charge is 0.309 e. The molecule has 15 heavy (non-hydrogen) atoms. The summed E-state index contributed by atoms with van der Waals surface area (Å²) in [4.78, 5) is 17.1. The van der Waals surface area contributed by atoms with E-state index in [1.807, 2.05) is 17.1 Å². The number of aromatic nitrogens is 1. The summed E-state index contributed by atoms with van der Waals surface area (Å²) in [5.41, 5.74) is 0.667. The highest BCUT2D eigenvalue weighted by atomic mass is 32.2. The number of carbonyl (C=O) groups is 1. The molecule has 2 heterocycles. The number of thioether (sulfide) groups is 1. The zero-order valence-corrected chi connectivity index (χ0v) is 9.81. The number of rotatable bonds is 3. The molecule has 0 unspecified atom stereocenters. The Bertz CT molecular complexity index is 348. The van der Waals surface area contributed by atoms with Crippen molar-refractivity contribution < 1.29 is 9.90 Å². The van der Waals surface area contributed by atoms with E-state index in [1.165, 1.54) is 0 Å². The van der Waals surface area contributed by atoms with E-state index in [-0.39, 0.29) is 6.42 Å². The average Bonchev–Trinajstić information content (AvgIpc) is 2.67. The van der Waals surface area contributed by atoms with E-state index >= 15 is 0 Å². The normalized spacial score (nSPS) is 16.7. The molecule has 0 saturated carbocycles. The van der Waals surface area contributed by atoms with Crippen LogP contribution in [0.25, 0.3) is 0 Å². The van der Waals surface area contributed by atoms with E-state index in [9.17, 15) is 4.79 Å². The van der Waals surface area contributed by atoms with E-state index in [4.69, 9.17) is 5.11 Å². The molecule has 0 bridgehead atoms. The van der Waals surface area contributed by atoms with Crippen molar-refractivity contribution in [3.63, 3.8) is 0 Å². The van der Waals surface area contributed by atoms with E-state index in [1.54, 1.807) is 11.3 Å². The topological polar surface area (TPSA) is 53.4 Å². The van der Waals surface area contributed by atoms with Crippen molar-refractivity contribution in [1.82, 2.24) is 4.98 Å². The predicted molar refractivity (Wildman–Crippen MR) is 63.0 cm³/mol. The molecule has 0 atom stereocenters. The fourth-order valence-corrected chi connectivity index (χ4v) is 3.21. The molecule has 0 amide bonds. The molecule has 1 aromatic heterocycles. The van der Waals surface area contributed by atoms with Gasteiger partial charge in [-0.2, -0.15) is 11.8 Å². The van der Waals surface area contributed by atoms with Gasteiger partial charge in [0.05, 0.1) is 12.1 Å². The van der Waals surface area contributed by atoms with Crippen LogP contribution in [-0.4, -0.2) is 40.7 Å². The van der Waals surface area contributed by atoms with Gasteiger partial charge in [-0.25, -0.2) is 4.98 Å². The monoisotopic (exact) mass is 244 g/mol. The maximum absolute atomic E-state index is 10.5. The van der Waals surface area contributed by atoms with Crippen molar-refractivity contribution in [3.05, 3.63) is 11.1 Å². The van der Waals surface area contributed by atoms with Crippen LogP contribution >= 0.6 is 23.1 Å².